The number of rotatable bonds is 7. The van der Waals surface area contributed by atoms with Crippen molar-refractivity contribution in [1.29, 1.82) is 0 Å². The molecule has 0 aromatic heterocycles. The number of alkyl halides is 3. The van der Waals surface area contributed by atoms with Crippen LogP contribution >= 0.6 is 0 Å². The van der Waals surface area contributed by atoms with E-state index in [1.54, 1.807) is 0 Å². The summed E-state index contributed by atoms with van der Waals surface area (Å²) >= 11 is 0. The predicted octanol–water partition coefficient (Wildman–Crippen LogP) is 3.49. The fraction of sp³-hybridized carbons (Fsp3) is 0.381. The molecule has 3 rings (SSSR count). The van der Waals surface area contributed by atoms with Gasteiger partial charge in [0.05, 0.1) is 13.0 Å². The summed E-state index contributed by atoms with van der Waals surface area (Å²) in [4.78, 5) is 11.5. The van der Waals surface area contributed by atoms with Crippen molar-refractivity contribution in [2.24, 2.45) is 5.92 Å². The Morgan fingerprint density at radius 1 is 1.23 bits per heavy atom. The minimum atomic E-state index is -4.79. The lowest BCUT2D eigenvalue weighted by atomic mass is 9.86. The Kier molecular flexibility index (Phi) is 6.84. The lowest BCUT2D eigenvalue weighted by Gasteiger charge is -2.36. The third-order valence-corrected chi connectivity index (χ3v) is 5.07. The van der Waals surface area contributed by atoms with Crippen molar-refractivity contribution in [3.63, 3.8) is 0 Å². The third kappa shape index (κ3) is 5.64. The van der Waals surface area contributed by atoms with Gasteiger partial charge in [-0.3, -0.25) is 4.79 Å². The summed E-state index contributed by atoms with van der Waals surface area (Å²) in [6.07, 6.45) is -4.41. The van der Waals surface area contributed by atoms with Gasteiger partial charge in [-0.25, -0.2) is 0 Å². The molecule has 9 heteroatoms. The second kappa shape index (κ2) is 9.36. The molecule has 1 saturated heterocycles. The van der Waals surface area contributed by atoms with Gasteiger partial charge in [-0.2, -0.15) is 0 Å². The number of methoxy groups -OCH3 is 1. The molecule has 0 unspecified atom stereocenters. The number of carboxylic acid groups (broad SMARTS) is 1. The van der Waals surface area contributed by atoms with Crippen molar-refractivity contribution in [3.8, 4) is 11.5 Å². The minimum absolute atomic E-state index is 0.137. The number of carboxylic acids is 1. The first-order chi connectivity index (χ1) is 14.3. The highest BCUT2D eigenvalue weighted by molar-refractivity contribution is 5.70. The summed E-state index contributed by atoms with van der Waals surface area (Å²) < 4.78 is 46.9. The first-order valence-corrected chi connectivity index (χ1v) is 9.44. The van der Waals surface area contributed by atoms with Crippen LogP contribution in [-0.4, -0.2) is 37.1 Å². The van der Waals surface area contributed by atoms with Crippen LogP contribution in [0.25, 0.3) is 0 Å². The molecule has 0 bridgehead atoms. The van der Waals surface area contributed by atoms with E-state index in [9.17, 15) is 23.1 Å². The van der Waals surface area contributed by atoms with E-state index in [0.717, 1.165) is 5.56 Å². The number of ether oxygens (including phenoxy) is 2. The maximum absolute atomic E-state index is 12.6. The van der Waals surface area contributed by atoms with Gasteiger partial charge in [-0.15, -0.1) is 13.2 Å². The van der Waals surface area contributed by atoms with Crippen molar-refractivity contribution < 1.29 is 32.5 Å². The molecule has 1 fully saturated rings. The van der Waals surface area contributed by atoms with Crippen molar-refractivity contribution in [1.82, 2.24) is 10.6 Å². The van der Waals surface area contributed by atoms with Crippen LogP contribution in [0.5, 0.6) is 11.5 Å². The molecular formula is C21H23F3N2O4. The van der Waals surface area contributed by atoms with E-state index < -0.39 is 18.2 Å². The van der Waals surface area contributed by atoms with Crippen LogP contribution in [0.3, 0.4) is 0 Å². The molecule has 0 saturated carbocycles. The van der Waals surface area contributed by atoms with E-state index in [-0.39, 0.29) is 24.4 Å². The molecule has 30 heavy (non-hydrogen) atoms. The zero-order valence-corrected chi connectivity index (χ0v) is 16.3. The van der Waals surface area contributed by atoms with Crippen molar-refractivity contribution in [3.05, 3.63) is 59.7 Å². The van der Waals surface area contributed by atoms with Gasteiger partial charge in [-0.05, 0) is 30.2 Å². The zero-order valence-electron chi connectivity index (χ0n) is 16.3. The van der Waals surface area contributed by atoms with Gasteiger partial charge < -0.3 is 25.2 Å². The standard InChI is InChI=1S/C21H23F3N2O4/c1-29-18-8-7-16(30-21(22,23)24)9-14(18)11-25-17-10-15(20(27)28)12-26-19(17)13-5-3-2-4-6-13/h2-9,15,17,19,25-26H,10-12H2,1H3,(H,27,28)/t15-,17-,19-/m0/s1. The topological polar surface area (TPSA) is 79.8 Å². The summed E-state index contributed by atoms with van der Waals surface area (Å²) in [6.45, 7) is 0.519. The number of piperidine rings is 1. The largest absolute Gasteiger partial charge is 0.573 e. The lowest BCUT2D eigenvalue weighted by Crippen LogP contribution is -2.50. The van der Waals surface area contributed by atoms with Gasteiger partial charge in [0.1, 0.15) is 11.5 Å². The Morgan fingerprint density at radius 3 is 2.60 bits per heavy atom. The number of benzene rings is 2. The lowest BCUT2D eigenvalue weighted by molar-refractivity contribution is -0.274. The highest BCUT2D eigenvalue weighted by atomic mass is 19.4. The minimum Gasteiger partial charge on any atom is -0.496 e. The fourth-order valence-electron chi connectivity index (χ4n) is 3.67. The first kappa shape index (κ1) is 21.9. The number of hydrogen-bond acceptors (Lipinski definition) is 5. The quantitative estimate of drug-likeness (QED) is 0.632. The number of nitrogens with one attached hydrogen (secondary N) is 2. The van der Waals surface area contributed by atoms with E-state index in [4.69, 9.17) is 4.74 Å². The fourth-order valence-corrected chi connectivity index (χ4v) is 3.67. The number of halogens is 3. The van der Waals surface area contributed by atoms with Crippen LogP contribution in [0.2, 0.25) is 0 Å². The highest BCUT2D eigenvalue weighted by Crippen LogP contribution is 2.30. The van der Waals surface area contributed by atoms with E-state index in [1.807, 2.05) is 30.3 Å². The Balaban J connectivity index is 1.79. The molecule has 162 valence electrons. The molecule has 0 spiro atoms. The number of carbonyl (C=O) groups is 1. The average molecular weight is 424 g/mol. The molecule has 1 heterocycles. The highest BCUT2D eigenvalue weighted by Gasteiger charge is 2.34. The Bertz CT molecular complexity index is 861. The normalized spacial score (nSPS) is 21.8. The van der Waals surface area contributed by atoms with Crippen molar-refractivity contribution in [2.75, 3.05) is 13.7 Å². The van der Waals surface area contributed by atoms with E-state index >= 15 is 0 Å². The molecule has 1 aliphatic heterocycles. The van der Waals surface area contributed by atoms with Gasteiger partial charge in [0, 0.05) is 30.7 Å². The van der Waals surface area contributed by atoms with E-state index in [1.165, 1.54) is 25.3 Å². The molecule has 1 aliphatic rings. The van der Waals surface area contributed by atoms with Crippen LogP contribution in [0, 0.1) is 5.92 Å². The Morgan fingerprint density at radius 2 is 1.97 bits per heavy atom. The van der Waals surface area contributed by atoms with Crippen molar-refractivity contribution >= 4 is 5.97 Å². The SMILES string of the molecule is COc1ccc(OC(F)(F)F)cc1CN[C@H]1C[C@H](C(=O)O)CN[C@H]1c1ccccc1. The molecule has 0 amide bonds. The molecule has 3 atom stereocenters. The third-order valence-electron chi connectivity index (χ3n) is 5.07. The smallest absolute Gasteiger partial charge is 0.496 e. The van der Waals surface area contributed by atoms with Gasteiger partial charge in [0.2, 0.25) is 0 Å². The monoisotopic (exact) mass is 424 g/mol. The first-order valence-electron chi connectivity index (χ1n) is 9.44. The molecular weight excluding hydrogens is 401 g/mol. The van der Waals surface area contributed by atoms with E-state index in [0.29, 0.717) is 24.3 Å². The van der Waals surface area contributed by atoms with E-state index in [2.05, 4.69) is 15.4 Å². The summed E-state index contributed by atoms with van der Waals surface area (Å²) in [5.74, 6) is -1.39. The summed E-state index contributed by atoms with van der Waals surface area (Å²) in [5, 5.41) is 16.0. The Hall–Kier alpha value is -2.78. The summed E-state index contributed by atoms with van der Waals surface area (Å²) in [6, 6.07) is 13.1. The van der Waals surface area contributed by atoms with Gasteiger partial charge in [0.25, 0.3) is 0 Å². The number of hydrogen-bond donors (Lipinski definition) is 3. The molecule has 2 aromatic rings. The molecule has 6 nitrogen and oxygen atoms in total. The molecule has 0 radical (unpaired) electrons. The predicted molar refractivity (Wildman–Crippen MR) is 103 cm³/mol. The van der Waals surface area contributed by atoms with Gasteiger partial charge in [-0.1, -0.05) is 30.3 Å². The average Bonchev–Trinajstić information content (AvgIpc) is 2.71. The van der Waals surface area contributed by atoms with Crippen molar-refractivity contribution in [2.45, 2.75) is 31.4 Å². The number of aliphatic carboxylic acids is 1. The summed E-state index contributed by atoms with van der Waals surface area (Å²) in [5.41, 5.74) is 1.48. The van der Waals surface area contributed by atoms with Crippen LogP contribution in [0.4, 0.5) is 13.2 Å². The molecule has 2 aromatic carbocycles. The second-order valence-corrected chi connectivity index (χ2v) is 7.08. The second-order valence-electron chi connectivity index (χ2n) is 7.08. The maximum Gasteiger partial charge on any atom is 0.573 e. The van der Waals surface area contributed by atoms with Gasteiger partial charge >= 0.3 is 12.3 Å². The van der Waals surface area contributed by atoms with Crippen LogP contribution in [0.15, 0.2) is 48.5 Å². The van der Waals surface area contributed by atoms with Crippen LogP contribution < -0.4 is 20.1 Å². The molecule has 0 aliphatic carbocycles. The Labute approximate surface area is 172 Å². The van der Waals surface area contributed by atoms with Crippen LogP contribution in [-0.2, 0) is 11.3 Å². The van der Waals surface area contributed by atoms with Gasteiger partial charge in [0.15, 0.2) is 0 Å². The van der Waals surface area contributed by atoms with Crippen LogP contribution in [0.1, 0.15) is 23.6 Å². The summed E-state index contributed by atoms with van der Waals surface area (Å²) in [7, 11) is 1.43. The molecule has 3 N–H and O–H groups in total. The zero-order chi connectivity index (χ0) is 21.7. The maximum atomic E-state index is 12.6.